The molecule has 0 saturated carbocycles. The summed E-state index contributed by atoms with van der Waals surface area (Å²) < 4.78 is 44.8. The van der Waals surface area contributed by atoms with Gasteiger partial charge in [0.1, 0.15) is 0 Å². The average Bonchev–Trinajstić information content (AvgIpc) is 2.24. The van der Waals surface area contributed by atoms with Crippen molar-refractivity contribution < 1.29 is 16.8 Å². The number of nitrogens with one attached hydrogen (secondary N) is 1. The number of hydrogen-bond acceptors (Lipinski definition) is 5. The fraction of sp³-hybridized carbons (Fsp3) is 0.500. The van der Waals surface area contributed by atoms with E-state index in [0.717, 1.165) is 6.26 Å². The second-order valence-corrected chi connectivity index (χ2v) is 9.85. The van der Waals surface area contributed by atoms with Gasteiger partial charge in [-0.05, 0) is 38.1 Å². The summed E-state index contributed by atoms with van der Waals surface area (Å²) in [6, 6.07) is 6.22. The van der Waals surface area contributed by atoms with Gasteiger partial charge in [-0.2, -0.15) is 0 Å². The van der Waals surface area contributed by atoms with Crippen molar-refractivity contribution in [2.24, 2.45) is 0 Å². The van der Waals surface area contributed by atoms with Crippen LogP contribution >= 0.6 is 0 Å². The molecule has 0 aliphatic carbocycles. The minimum atomic E-state index is -3.21. The van der Waals surface area contributed by atoms with E-state index in [0.29, 0.717) is 5.69 Å². The summed E-state index contributed by atoms with van der Waals surface area (Å²) in [6.07, 6.45) is 2.34. The molecule has 0 radical (unpaired) electrons. The van der Waals surface area contributed by atoms with Gasteiger partial charge in [0, 0.05) is 24.7 Å². The van der Waals surface area contributed by atoms with Crippen molar-refractivity contribution in [1.29, 1.82) is 0 Å². The van der Waals surface area contributed by atoms with Crippen molar-refractivity contribution in [3.8, 4) is 0 Å². The van der Waals surface area contributed by atoms with E-state index in [-0.39, 0.29) is 11.4 Å². The van der Waals surface area contributed by atoms with Gasteiger partial charge in [0.25, 0.3) is 0 Å². The third-order valence-corrected chi connectivity index (χ3v) is 6.28. The first-order valence-electron chi connectivity index (χ1n) is 5.67. The van der Waals surface area contributed by atoms with Crippen LogP contribution in [0.3, 0.4) is 0 Å². The maximum atomic E-state index is 11.5. The standard InChI is InChI=1S/C12H19NO4S2/c1-12(2,19(4,16)17)9-13-10-5-7-11(8-6-10)18(3,14)15/h5-8,13H,9H2,1-4H3. The Balaban J connectivity index is 2.81. The molecule has 108 valence electrons. The molecule has 0 heterocycles. The van der Waals surface area contributed by atoms with E-state index in [2.05, 4.69) is 5.32 Å². The molecule has 0 aliphatic heterocycles. The van der Waals surface area contributed by atoms with Crippen LogP contribution in [0.15, 0.2) is 29.2 Å². The number of benzene rings is 1. The van der Waals surface area contributed by atoms with Crippen LogP contribution in [0, 0.1) is 0 Å². The van der Waals surface area contributed by atoms with Crippen LogP contribution in [-0.4, -0.2) is 40.6 Å². The molecule has 0 bridgehead atoms. The lowest BCUT2D eigenvalue weighted by Gasteiger charge is -2.23. The van der Waals surface area contributed by atoms with E-state index < -0.39 is 24.4 Å². The summed E-state index contributed by atoms with van der Waals surface area (Å²) in [5.41, 5.74) is 0.684. The quantitative estimate of drug-likeness (QED) is 0.887. The largest absolute Gasteiger partial charge is 0.383 e. The van der Waals surface area contributed by atoms with Crippen LogP contribution in [0.4, 0.5) is 5.69 Å². The van der Waals surface area contributed by atoms with Gasteiger partial charge in [-0.25, -0.2) is 16.8 Å². The first-order chi connectivity index (χ1) is 8.43. The van der Waals surface area contributed by atoms with Crippen molar-refractivity contribution in [1.82, 2.24) is 0 Å². The molecule has 0 unspecified atom stereocenters. The molecule has 1 aromatic rings. The zero-order valence-electron chi connectivity index (χ0n) is 11.5. The van der Waals surface area contributed by atoms with Gasteiger partial charge in [0.05, 0.1) is 9.64 Å². The molecule has 1 rings (SSSR count). The number of hydrogen-bond donors (Lipinski definition) is 1. The Bertz CT molecular complexity index is 643. The molecule has 0 aromatic heterocycles. The molecular weight excluding hydrogens is 286 g/mol. The number of anilines is 1. The zero-order valence-corrected chi connectivity index (χ0v) is 13.1. The Hall–Kier alpha value is -1.08. The molecule has 0 spiro atoms. The first-order valence-corrected chi connectivity index (χ1v) is 9.45. The van der Waals surface area contributed by atoms with Crippen molar-refractivity contribution >= 4 is 25.4 Å². The van der Waals surface area contributed by atoms with Crippen molar-refractivity contribution in [2.75, 3.05) is 24.4 Å². The second-order valence-electron chi connectivity index (χ2n) is 5.18. The normalized spacial score (nSPS) is 13.3. The van der Waals surface area contributed by atoms with Crippen LogP contribution in [0.5, 0.6) is 0 Å². The summed E-state index contributed by atoms with van der Waals surface area (Å²) in [4.78, 5) is 0.237. The molecule has 5 nitrogen and oxygen atoms in total. The lowest BCUT2D eigenvalue weighted by atomic mass is 10.2. The maximum Gasteiger partial charge on any atom is 0.175 e. The SMILES string of the molecule is CC(C)(CNc1ccc(S(C)(=O)=O)cc1)S(C)(=O)=O. The summed E-state index contributed by atoms with van der Waals surface area (Å²) in [5, 5.41) is 3.00. The molecule has 1 aromatic carbocycles. The van der Waals surface area contributed by atoms with Crippen LogP contribution < -0.4 is 5.32 Å². The maximum absolute atomic E-state index is 11.5. The van der Waals surface area contributed by atoms with Gasteiger partial charge >= 0.3 is 0 Å². The molecule has 19 heavy (non-hydrogen) atoms. The molecule has 0 fully saturated rings. The van der Waals surface area contributed by atoms with E-state index in [4.69, 9.17) is 0 Å². The molecule has 1 N–H and O–H groups in total. The molecular formula is C12H19NO4S2. The van der Waals surface area contributed by atoms with Gasteiger partial charge in [-0.15, -0.1) is 0 Å². The zero-order chi connectivity index (χ0) is 14.9. The minimum Gasteiger partial charge on any atom is -0.383 e. The highest BCUT2D eigenvalue weighted by atomic mass is 32.2. The van der Waals surface area contributed by atoms with E-state index in [1.807, 2.05) is 0 Å². The Labute approximate surface area is 114 Å². The Kier molecular flexibility index (Phi) is 4.31. The fourth-order valence-corrected chi connectivity index (χ4v) is 2.23. The number of sulfone groups is 2. The molecule has 0 saturated heterocycles. The molecule has 7 heteroatoms. The van der Waals surface area contributed by atoms with E-state index in [1.54, 1.807) is 26.0 Å². The highest BCUT2D eigenvalue weighted by Crippen LogP contribution is 2.18. The molecule has 0 atom stereocenters. The van der Waals surface area contributed by atoms with Crippen LogP contribution in [-0.2, 0) is 19.7 Å². The van der Waals surface area contributed by atoms with Gasteiger partial charge in [0.15, 0.2) is 19.7 Å². The third kappa shape index (κ3) is 4.21. The summed E-state index contributed by atoms with van der Waals surface area (Å²) in [7, 11) is -6.37. The van der Waals surface area contributed by atoms with Gasteiger partial charge in [0.2, 0.25) is 0 Å². The van der Waals surface area contributed by atoms with Gasteiger partial charge in [-0.3, -0.25) is 0 Å². The van der Waals surface area contributed by atoms with Crippen LogP contribution in [0.2, 0.25) is 0 Å². The van der Waals surface area contributed by atoms with Crippen LogP contribution in [0.25, 0.3) is 0 Å². The highest BCUT2D eigenvalue weighted by molar-refractivity contribution is 7.92. The van der Waals surface area contributed by atoms with Crippen molar-refractivity contribution in [3.05, 3.63) is 24.3 Å². The number of rotatable bonds is 5. The lowest BCUT2D eigenvalue weighted by molar-refractivity contribution is 0.560. The predicted octanol–water partition coefficient (Wildman–Crippen LogP) is 1.33. The topological polar surface area (TPSA) is 80.3 Å². The van der Waals surface area contributed by atoms with Crippen molar-refractivity contribution in [2.45, 2.75) is 23.5 Å². The molecule has 0 aliphatic rings. The third-order valence-electron chi connectivity index (χ3n) is 3.00. The average molecular weight is 305 g/mol. The Morgan fingerprint density at radius 1 is 1.00 bits per heavy atom. The van der Waals surface area contributed by atoms with E-state index >= 15 is 0 Å². The fourth-order valence-electron chi connectivity index (χ4n) is 1.27. The monoisotopic (exact) mass is 305 g/mol. The van der Waals surface area contributed by atoms with Gasteiger partial charge < -0.3 is 5.32 Å². The highest BCUT2D eigenvalue weighted by Gasteiger charge is 2.29. The summed E-state index contributed by atoms with van der Waals surface area (Å²) in [5.74, 6) is 0. The Morgan fingerprint density at radius 3 is 1.84 bits per heavy atom. The summed E-state index contributed by atoms with van der Waals surface area (Å²) >= 11 is 0. The smallest absolute Gasteiger partial charge is 0.175 e. The lowest BCUT2D eigenvalue weighted by Crippen LogP contribution is -2.38. The first kappa shape index (κ1) is 16.0. The van der Waals surface area contributed by atoms with Crippen LogP contribution in [0.1, 0.15) is 13.8 Å². The Morgan fingerprint density at radius 2 is 1.47 bits per heavy atom. The van der Waals surface area contributed by atoms with Gasteiger partial charge in [-0.1, -0.05) is 0 Å². The van der Waals surface area contributed by atoms with Crippen molar-refractivity contribution in [3.63, 3.8) is 0 Å². The van der Waals surface area contributed by atoms with E-state index in [1.165, 1.54) is 18.4 Å². The molecule has 0 amide bonds. The van der Waals surface area contributed by atoms with E-state index in [9.17, 15) is 16.8 Å². The minimum absolute atomic E-state index is 0.237. The predicted molar refractivity (Wildman–Crippen MR) is 77.0 cm³/mol. The summed E-state index contributed by atoms with van der Waals surface area (Å²) in [6.45, 7) is 3.53. The second kappa shape index (κ2) is 5.13.